The largest absolute Gasteiger partial charge is 0.465 e. The summed E-state index contributed by atoms with van der Waals surface area (Å²) in [5.41, 5.74) is -2.73. The van der Waals surface area contributed by atoms with Gasteiger partial charge in [-0.1, -0.05) is 13.8 Å². The maximum absolute atomic E-state index is 12.5. The Morgan fingerprint density at radius 1 is 0.688 bits per heavy atom. The van der Waals surface area contributed by atoms with Crippen molar-refractivity contribution in [3.05, 3.63) is 0 Å². The highest BCUT2D eigenvalue weighted by molar-refractivity contribution is 5.73. The molecule has 0 bridgehead atoms. The minimum absolute atomic E-state index is 0.0824. The molecular weight excluding hydrogens is 426 g/mol. The average Bonchev–Trinajstić information content (AvgIpc) is 2.74. The summed E-state index contributed by atoms with van der Waals surface area (Å²) in [5, 5.41) is 37.0. The number of carbonyl (C=O) groups is 3. The van der Waals surface area contributed by atoms with Gasteiger partial charge in [-0.15, -0.1) is 0 Å². The van der Waals surface area contributed by atoms with Gasteiger partial charge in [-0.05, 0) is 20.8 Å². The van der Waals surface area contributed by atoms with E-state index in [9.17, 15) is 34.8 Å². The van der Waals surface area contributed by atoms with Gasteiger partial charge < -0.3 is 39.5 Å². The van der Waals surface area contributed by atoms with Crippen LogP contribution < -0.4 is 0 Å². The fraction of sp³-hybridized carbons (Fsp3) is 0.857. The normalized spacial score (nSPS) is 12.3. The van der Waals surface area contributed by atoms with Crippen molar-refractivity contribution in [1.29, 1.82) is 0 Å². The Balaban J connectivity index is 4.87. The van der Waals surface area contributed by atoms with Gasteiger partial charge in [0, 0.05) is 23.9 Å². The second-order valence-electron chi connectivity index (χ2n) is 9.54. The predicted octanol–water partition coefficient (Wildman–Crippen LogP) is 0.0719. The number of ether oxygens (including phenoxy) is 3. The molecular formula is C21H39NO10. The predicted molar refractivity (Wildman–Crippen MR) is 114 cm³/mol. The third kappa shape index (κ3) is 12.2. The lowest BCUT2D eigenvalue weighted by Crippen LogP contribution is -2.40. The van der Waals surface area contributed by atoms with Crippen LogP contribution >= 0.6 is 0 Å². The van der Waals surface area contributed by atoms with Crippen molar-refractivity contribution >= 4 is 18.0 Å². The summed E-state index contributed by atoms with van der Waals surface area (Å²) in [6.07, 6.45) is -1.09. The number of aliphatic hydroxyl groups is 4. The van der Waals surface area contributed by atoms with Gasteiger partial charge in [0.15, 0.2) is 0 Å². The zero-order chi connectivity index (χ0) is 25.0. The summed E-state index contributed by atoms with van der Waals surface area (Å²) in [6, 6.07) is 0. The van der Waals surface area contributed by atoms with Crippen molar-refractivity contribution in [2.75, 3.05) is 52.7 Å². The van der Waals surface area contributed by atoms with Crippen LogP contribution in [0.25, 0.3) is 0 Å². The molecule has 0 fully saturated rings. The number of hydrogen-bond donors (Lipinski definition) is 4. The molecule has 0 spiro atoms. The third-order valence-electron chi connectivity index (χ3n) is 4.51. The lowest BCUT2D eigenvalue weighted by Gasteiger charge is -2.28. The molecule has 0 aliphatic heterocycles. The molecule has 0 radical (unpaired) electrons. The van der Waals surface area contributed by atoms with E-state index in [0.29, 0.717) is 0 Å². The fourth-order valence-electron chi connectivity index (χ4n) is 2.01. The first-order chi connectivity index (χ1) is 14.7. The van der Waals surface area contributed by atoms with Gasteiger partial charge in [0.2, 0.25) is 0 Å². The zero-order valence-electron chi connectivity index (χ0n) is 19.8. The summed E-state index contributed by atoms with van der Waals surface area (Å²) in [5.74, 6) is -1.29. The number of hydrogen-bond acceptors (Lipinski definition) is 10. The minimum Gasteiger partial charge on any atom is -0.465 e. The molecule has 11 heteroatoms. The van der Waals surface area contributed by atoms with Crippen molar-refractivity contribution in [2.45, 2.75) is 53.1 Å². The summed E-state index contributed by atoms with van der Waals surface area (Å²) in [4.78, 5) is 37.7. The quantitative estimate of drug-likeness (QED) is 0.204. The van der Waals surface area contributed by atoms with Crippen LogP contribution in [0.5, 0.6) is 0 Å². The molecule has 0 aromatic rings. The molecule has 0 heterocycles. The first-order valence-electron chi connectivity index (χ1n) is 10.5. The monoisotopic (exact) mass is 465 g/mol. The Morgan fingerprint density at radius 3 is 1.31 bits per heavy atom. The molecule has 0 atom stereocenters. The number of nitrogens with zero attached hydrogens (tertiary/aromatic N) is 1. The van der Waals surface area contributed by atoms with Crippen LogP contribution in [-0.2, 0) is 23.8 Å². The maximum Gasteiger partial charge on any atom is 0.410 e. The fourth-order valence-corrected chi connectivity index (χ4v) is 2.01. The molecule has 0 rings (SSSR count). The van der Waals surface area contributed by atoms with Crippen molar-refractivity contribution in [3.63, 3.8) is 0 Å². The van der Waals surface area contributed by atoms with Crippen molar-refractivity contribution in [1.82, 2.24) is 4.90 Å². The molecule has 0 aliphatic carbocycles. The highest BCUT2D eigenvalue weighted by Gasteiger charge is 2.28. The Labute approximate surface area is 189 Å². The first-order valence-corrected chi connectivity index (χ1v) is 10.5. The zero-order valence-corrected chi connectivity index (χ0v) is 19.8. The Hall–Kier alpha value is -1.95. The maximum atomic E-state index is 12.5. The topological polar surface area (TPSA) is 163 Å². The van der Waals surface area contributed by atoms with E-state index in [1.165, 1.54) is 4.90 Å². The van der Waals surface area contributed by atoms with Crippen LogP contribution in [0.1, 0.15) is 47.5 Å². The Bertz CT molecular complexity index is 556. The van der Waals surface area contributed by atoms with Gasteiger partial charge >= 0.3 is 18.0 Å². The van der Waals surface area contributed by atoms with Crippen molar-refractivity contribution in [3.8, 4) is 0 Å². The van der Waals surface area contributed by atoms with E-state index in [0.717, 1.165) is 0 Å². The van der Waals surface area contributed by atoms with Gasteiger partial charge in [0.05, 0.1) is 39.3 Å². The van der Waals surface area contributed by atoms with E-state index in [1.54, 1.807) is 34.6 Å². The molecule has 1 amide bonds. The van der Waals surface area contributed by atoms with Crippen LogP contribution in [0.4, 0.5) is 4.79 Å². The van der Waals surface area contributed by atoms with Gasteiger partial charge in [0.25, 0.3) is 0 Å². The smallest absolute Gasteiger partial charge is 0.410 e. The number of esters is 2. The van der Waals surface area contributed by atoms with E-state index in [4.69, 9.17) is 14.2 Å². The highest BCUT2D eigenvalue weighted by atomic mass is 16.6. The highest BCUT2D eigenvalue weighted by Crippen LogP contribution is 2.16. The lowest BCUT2D eigenvalue weighted by molar-refractivity contribution is -0.149. The second-order valence-corrected chi connectivity index (χ2v) is 9.54. The van der Waals surface area contributed by atoms with Crippen LogP contribution in [0.15, 0.2) is 0 Å². The number of amides is 1. The van der Waals surface area contributed by atoms with Gasteiger partial charge in [0.1, 0.15) is 18.8 Å². The van der Waals surface area contributed by atoms with Crippen molar-refractivity contribution in [2.24, 2.45) is 10.8 Å². The molecule has 0 unspecified atom stereocenters. The number of aliphatic hydroxyl groups excluding tert-OH is 4. The van der Waals surface area contributed by atoms with Crippen LogP contribution in [-0.4, -0.2) is 102 Å². The first kappa shape index (κ1) is 30.0. The Morgan fingerprint density at radius 2 is 1.03 bits per heavy atom. The molecule has 0 saturated heterocycles. The van der Waals surface area contributed by atoms with E-state index in [2.05, 4.69) is 0 Å². The summed E-state index contributed by atoms with van der Waals surface area (Å²) < 4.78 is 15.5. The van der Waals surface area contributed by atoms with Gasteiger partial charge in [-0.2, -0.15) is 0 Å². The van der Waals surface area contributed by atoms with Gasteiger partial charge in [-0.25, -0.2) is 4.79 Å². The third-order valence-corrected chi connectivity index (χ3v) is 4.51. The second kappa shape index (κ2) is 13.6. The molecule has 0 aromatic carbocycles. The molecule has 188 valence electrons. The Kier molecular flexibility index (Phi) is 12.7. The van der Waals surface area contributed by atoms with Crippen molar-refractivity contribution < 1.29 is 49.0 Å². The summed E-state index contributed by atoms with van der Waals surface area (Å²) >= 11 is 0. The SMILES string of the molecule is CC(CO)(CO)COC(=O)CCN(CCC(=O)OCC(C)(CO)CO)C(=O)OC(C)(C)C. The van der Waals surface area contributed by atoms with E-state index < -0.39 is 34.5 Å². The summed E-state index contributed by atoms with van der Waals surface area (Å²) in [6.45, 7) is 6.14. The van der Waals surface area contributed by atoms with Crippen LogP contribution in [0.3, 0.4) is 0 Å². The minimum atomic E-state index is -0.970. The summed E-state index contributed by atoms with van der Waals surface area (Å²) in [7, 11) is 0. The molecule has 11 nitrogen and oxygen atoms in total. The lowest BCUT2D eigenvalue weighted by atomic mass is 9.94. The van der Waals surface area contributed by atoms with E-state index >= 15 is 0 Å². The van der Waals surface area contributed by atoms with Crippen LogP contribution in [0, 0.1) is 10.8 Å². The van der Waals surface area contributed by atoms with Crippen LogP contribution in [0.2, 0.25) is 0 Å². The number of carbonyl (C=O) groups excluding carboxylic acids is 3. The molecule has 32 heavy (non-hydrogen) atoms. The standard InChI is InChI=1S/C21H39NO10/c1-19(2,3)32-18(29)22(8-6-16(27)30-14-20(4,10-23)11-24)9-7-17(28)31-15-21(5,12-25)13-26/h23-26H,6-15H2,1-5H3. The molecule has 0 saturated carbocycles. The van der Waals surface area contributed by atoms with E-state index in [-0.39, 0.29) is 65.6 Å². The molecule has 0 aliphatic rings. The number of rotatable bonds is 14. The van der Waals surface area contributed by atoms with E-state index in [1.807, 2.05) is 0 Å². The van der Waals surface area contributed by atoms with Gasteiger partial charge in [-0.3, -0.25) is 9.59 Å². The average molecular weight is 466 g/mol. The molecule has 4 N–H and O–H groups in total. The molecule has 0 aromatic heterocycles.